The van der Waals surface area contributed by atoms with E-state index in [1.807, 2.05) is 18.2 Å². The first kappa shape index (κ1) is 12.4. The number of hydrogen-bond donors (Lipinski definition) is 1. The van der Waals surface area contributed by atoms with Gasteiger partial charge in [-0.25, -0.2) is 0 Å². The fourth-order valence-electron chi connectivity index (χ4n) is 2.16. The molecule has 1 unspecified atom stereocenters. The van der Waals surface area contributed by atoms with Crippen LogP contribution in [0.25, 0.3) is 0 Å². The average Bonchev–Trinajstić information content (AvgIpc) is 2.82. The van der Waals surface area contributed by atoms with Crippen LogP contribution < -0.4 is 10.5 Å². The quantitative estimate of drug-likeness (QED) is 0.819. The zero-order valence-corrected chi connectivity index (χ0v) is 10.7. The van der Waals surface area contributed by atoms with Gasteiger partial charge in [0.05, 0.1) is 12.4 Å². The summed E-state index contributed by atoms with van der Waals surface area (Å²) in [5.41, 5.74) is 6.34. The minimum Gasteiger partial charge on any atom is -0.493 e. The second-order valence-electron chi connectivity index (χ2n) is 4.41. The van der Waals surface area contributed by atoms with Crippen molar-refractivity contribution >= 4 is 16.5 Å². The van der Waals surface area contributed by atoms with Gasteiger partial charge in [0.15, 0.2) is 0 Å². The van der Waals surface area contributed by atoms with E-state index in [1.165, 1.54) is 12.8 Å². The first-order chi connectivity index (χ1) is 8.25. The SMILES string of the molecule is Nc1cccc(OCCS(=O)C2CCCC2)c1. The summed E-state index contributed by atoms with van der Waals surface area (Å²) in [6, 6.07) is 7.34. The fraction of sp³-hybridized carbons (Fsp3) is 0.538. The molecule has 1 aromatic carbocycles. The molecular weight excluding hydrogens is 234 g/mol. The Morgan fingerprint density at radius 2 is 2.12 bits per heavy atom. The summed E-state index contributed by atoms with van der Waals surface area (Å²) in [5.74, 6) is 1.38. The van der Waals surface area contributed by atoms with Crippen molar-refractivity contribution in [3.8, 4) is 5.75 Å². The minimum atomic E-state index is -0.731. The van der Waals surface area contributed by atoms with Crippen molar-refractivity contribution < 1.29 is 8.95 Å². The number of benzene rings is 1. The standard InChI is InChI=1S/C13H19NO2S/c14-11-4-3-5-12(10-11)16-8-9-17(15)13-6-1-2-7-13/h3-5,10,13H,1-2,6-9,14H2. The lowest BCUT2D eigenvalue weighted by atomic mass is 10.3. The van der Waals surface area contributed by atoms with Gasteiger partial charge >= 0.3 is 0 Å². The maximum Gasteiger partial charge on any atom is 0.121 e. The Morgan fingerprint density at radius 3 is 2.82 bits per heavy atom. The second-order valence-corrected chi connectivity index (χ2v) is 6.25. The van der Waals surface area contributed by atoms with Crippen molar-refractivity contribution in [1.29, 1.82) is 0 Å². The number of nitrogens with two attached hydrogens (primary N) is 1. The van der Waals surface area contributed by atoms with Crippen molar-refractivity contribution in [2.24, 2.45) is 0 Å². The summed E-state index contributed by atoms with van der Waals surface area (Å²) in [5, 5.41) is 0.402. The summed E-state index contributed by atoms with van der Waals surface area (Å²) in [7, 11) is -0.731. The van der Waals surface area contributed by atoms with Crippen molar-refractivity contribution in [2.45, 2.75) is 30.9 Å². The van der Waals surface area contributed by atoms with Gasteiger partial charge in [-0.3, -0.25) is 4.21 Å². The summed E-state index contributed by atoms with van der Waals surface area (Å²) in [4.78, 5) is 0. The van der Waals surface area contributed by atoms with E-state index in [0.717, 1.165) is 18.6 Å². The zero-order valence-electron chi connectivity index (χ0n) is 9.93. The van der Waals surface area contributed by atoms with Crippen molar-refractivity contribution in [3.63, 3.8) is 0 Å². The molecule has 1 aromatic rings. The van der Waals surface area contributed by atoms with E-state index < -0.39 is 10.8 Å². The molecule has 0 radical (unpaired) electrons. The Morgan fingerprint density at radius 1 is 1.35 bits per heavy atom. The molecule has 1 aliphatic carbocycles. The third-order valence-electron chi connectivity index (χ3n) is 3.09. The van der Waals surface area contributed by atoms with Crippen LogP contribution in [-0.4, -0.2) is 21.8 Å². The molecular formula is C13H19NO2S. The summed E-state index contributed by atoms with van der Waals surface area (Å²) in [6.07, 6.45) is 4.69. The Bertz CT molecular complexity index is 389. The molecule has 1 saturated carbocycles. The van der Waals surface area contributed by atoms with Crippen molar-refractivity contribution in [2.75, 3.05) is 18.1 Å². The first-order valence-electron chi connectivity index (χ1n) is 6.11. The molecule has 0 heterocycles. The molecule has 0 aliphatic heterocycles. The van der Waals surface area contributed by atoms with Gasteiger partial charge in [-0.05, 0) is 25.0 Å². The van der Waals surface area contributed by atoms with E-state index in [9.17, 15) is 4.21 Å². The van der Waals surface area contributed by atoms with Crippen LogP contribution in [0.2, 0.25) is 0 Å². The fourth-order valence-corrected chi connectivity index (χ4v) is 3.60. The van der Waals surface area contributed by atoms with Crippen LogP contribution in [0.3, 0.4) is 0 Å². The average molecular weight is 253 g/mol. The van der Waals surface area contributed by atoms with Gasteiger partial charge in [0.25, 0.3) is 0 Å². The van der Waals surface area contributed by atoms with Crippen molar-refractivity contribution in [3.05, 3.63) is 24.3 Å². The largest absolute Gasteiger partial charge is 0.493 e. The molecule has 94 valence electrons. The van der Waals surface area contributed by atoms with Crippen molar-refractivity contribution in [1.82, 2.24) is 0 Å². The Hall–Kier alpha value is -1.03. The van der Waals surface area contributed by atoms with Gasteiger partial charge in [0.1, 0.15) is 5.75 Å². The molecule has 0 bridgehead atoms. The molecule has 3 nitrogen and oxygen atoms in total. The normalized spacial score (nSPS) is 18.1. The summed E-state index contributed by atoms with van der Waals surface area (Å²) >= 11 is 0. The van der Waals surface area contributed by atoms with E-state index in [4.69, 9.17) is 10.5 Å². The lowest BCUT2D eigenvalue weighted by molar-refractivity contribution is 0.342. The predicted octanol–water partition coefficient (Wildman–Crippen LogP) is 2.34. The number of ether oxygens (including phenoxy) is 1. The van der Waals surface area contributed by atoms with E-state index in [0.29, 0.717) is 23.3 Å². The van der Waals surface area contributed by atoms with E-state index in [1.54, 1.807) is 6.07 Å². The topological polar surface area (TPSA) is 52.3 Å². The van der Waals surface area contributed by atoms with E-state index in [-0.39, 0.29) is 0 Å². The molecule has 2 rings (SSSR count). The molecule has 0 aromatic heterocycles. The molecule has 4 heteroatoms. The number of rotatable bonds is 5. The van der Waals surface area contributed by atoms with Crippen LogP contribution in [0, 0.1) is 0 Å². The lowest BCUT2D eigenvalue weighted by Crippen LogP contribution is -2.18. The molecule has 0 amide bonds. The van der Waals surface area contributed by atoms with Gasteiger partial charge in [-0.1, -0.05) is 18.9 Å². The highest BCUT2D eigenvalue weighted by molar-refractivity contribution is 7.85. The molecule has 1 aliphatic rings. The van der Waals surface area contributed by atoms with Crippen LogP contribution in [0.1, 0.15) is 25.7 Å². The highest BCUT2D eigenvalue weighted by Gasteiger charge is 2.20. The summed E-state index contributed by atoms with van der Waals surface area (Å²) < 4.78 is 17.5. The number of anilines is 1. The highest BCUT2D eigenvalue weighted by Crippen LogP contribution is 2.23. The van der Waals surface area contributed by atoms with Gasteiger partial charge in [0.2, 0.25) is 0 Å². The monoisotopic (exact) mass is 253 g/mol. The smallest absolute Gasteiger partial charge is 0.121 e. The highest BCUT2D eigenvalue weighted by atomic mass is 32.2. The molecule has 2 N–H and O–H groups in total. The second kappa shape index (κ2) is 6.05. The summed E-state index contributed by atoms with van der Waals surface area (Å²) in [6.45, 7) is 0.507. The third kappa shape index (κ3) is 3.73. The molecule has 17 heavy (non-hydrogen) atoms. The lowest BCUT2D eigenvalue weighted by Gasteiger charge is -2.10. The number of nitrogen functional groups attached to an aromatic ring is 1. The van der Waals surface area contributed by atoms with Crippen LogP contribution in [0.5, 0.6) is 5.75 Å². The minimum absolute atomic E-state index is 0.402. The first-order valence-corrected chi connectivity index (χ1v) is 7.49. The molecule has 0 spiro atoms. The van der Waals surface area contributed by atoms with Gasteiger partial charge in [-0.2, -0.15) is 0 Å². The van der Waals surface area contributed by atoms with E-state index >= 15 is 0 Å². The van der Waals surface area contributed by atoms with Crippen LogP contribution >= 0.6 is 0 Å². The van der Waals surface area contributed by atoms with Crippen LogP contribution in [0.4, 0.5) is 5.69 Å². The maximum atomic E-state index is 11.9. The third-order valence-corrected chi connectivity index (χ3v) is 4.87. The van der Waals surface area contributed by atoms with Gasteiger partial charge in [0, 0.05) is 27.8 Å². The Kier molecular flexibility index (Phi) is 4.42. The maximum absolute atomic E-state index is 11.9. The molecule has 1 atom stereocenters. The number of hydrogen-bond acceptors (Lipinski definition) is 3. The van der Waals surface area contributed by atoms with Gasteiger partial charge < -0.3 is 10.5 Å². The van der Waals surface area contributed by atoms with Crippen LogP contribution in [0.15, 0.2) is 24.3 Å². The Labute approximate surface area is 105 Å². The Balaban J connectivity index is 1.73. The molecule has 1 fully saturated rings. The van der Waals surface area contributed by atoms with Crippen LogP contribution in [-0.2, 0) is 10.8 Å². The van der Waals surface area contributed by atoms with E-state index in [2.05, 4.69) is 0 Å². The predicted molar refractivity (Wildman–Crippen MR) is 71.6 cm³/mol. The van der Waals surface area contributed by atoms with Gasteiger partial charge in [-0.15, -0.1) is 0 Å². The molecule has 0 saturated heterocycles. The zero-order chi connectivity index (χ0) is 12.1.